The van der Waals surface area contributed by atoms with Gasteiger partial charge >= 0.3 is 0 Å². The van der Waals surface area contributed by atoms with E-state index in [0.29, 0.717) is 18.0 Å². The number of rotatable bonds is 7. The number of aromatic nitrogens is 4. The lowest BCUT2D eigenvalue weighted by molar-refractivity contribution is 0.213. The van der Waals surface area contributed by atoms with Crippen molar-refractivity contribution in [2.45, 2.75) is 46.0 Å². The summed E-state index contributed by atoms with van der Waals surface area (Å²) in [4.78, 5) is 2.44. The van der Waals surface area contributed by atoms with Crippen molar-refractivity contribution in [3.63, 3.8) is 0 Å². The van der Waals surface area contributed by atoms with Crippen LogP contribution < -0.4 is 4.74 Å². The first-order valence-corrected chi connectivity index (χ1v) is 12.6. The van der Waals surface area contributed by atoms with Gasteiger partial charge in [0.15, 0.2) is 5.82 Å². The van der Waals surface area contributed by atoms with Gasteiger partial charge in [0.1, 0.15) is 22.8 Å². The Morgan fingerprint density at radius 1 is 1.00 bits per heavy atom. The molecule has 1 fully saturated rings. The average Bonchev–Trinajstić information content (AvgIpc) is 3.22. The van der Waals surface area contributed by atoms with Gasteiger partial charge in [-0.1, -0.05) is 12.1 Å². The summed E-state index contributed by atoms with van der Waals surface area (Å²) in [6.45, 7) is 9.07. The predicted molar refractivity (Wildman–Crippen MR) is 136 cm³/mol. The van der Waals surface area contributed by atoms with Crippen LogP contribution in [0.1, 0.15) is 48.3 Å². The molecule has 8 heteroatoms. The first-order chi connectivity index (χ1) is 17.4. The van der Waals surface area contributed by atoms with Gasteiger partial charge in [-0.05, 0) is 83.0 Å². The number of hydrogen-bond donors (Lipinski definition) is 0. The number of ether oxygens (including phenoxy) is 1. The molecule has 5 rings (SSSR count). The van der Waals surface area contributed by atoms with Crippen LogP contribution in [0, 0.1) is 25.5 Å². The van der Waals surface area contributed by atoms with Crippen LogP contribution in [-0.2, 0) is 6.42 Å². The summed E-state index contributed by atoms with van der Waals surface area (Å²) in [5.41, 5.74) is 4.86. The van der Waals surface area contributed by atoms with Crippen LogP contribution in [0.3, 0.4) is 0 Å². The summed E-state index contributed by atoms with van der Waals surface area (Å²) in [5, 5.41) is 14.8. The summed E-state index contributed by atoms with van der Waals surface area (Å²) in [6.07, 6.45) is 2.82. The van der Waals surface area contributed by atoms with Gasteiger partial charge in [-0.25, -0.2) is 13.5 Å². The molecule has 1 aliphatic heterocycles. The first kappa shape index (κ1) is 24.3. The normalized spacial score (nSPS) is 15.0. The molecule has 188 valence electrons. The Morgan fingerprint density at radius 2 is 1.75 bits per heavy atom. The van der Waals surface area contributed by atoms with Crippen molar-refractivity contribution in [2.24, 2.45) is 0 Å². The molecule has 0 saturated carbocycles. The van der Waals surface area contributed by atoms with Gasteiger partial charge in [0.2, 0.25) is 0 Å². The highest BCUT2D eigenvalue weighted by molar-refractivity contribution is 5.86. The molecule has 0 aliphatic carbocycles. The van der Waals surface area contributed by atoms with Crippen LogP contribution in [0.5, 0.6) is 5.75 Å². The number of halogens is 2. The van der Waals surface area contributed by atoms with E-state index in [9.17, 15) is 8.78 Å². The van der Waals surface area contributed by atoms with Crippen molar-refractivity contribution in [3.8, 4) is 11.4 Å². The van der Waals surface area contributed by atoms with Gasteiger partial charge in [0, 0.05) is 23.9 Å². The third-order valence-electron chi connectivity index (χ3n) is 7.09. The zero-order valence-corrected chi connectivity index (χ0v) is 21.0. The van der Waals surface area contributed by atoms with E-state index >= 15 is 0 Å². The Bertz CT molecular complexity index is 1360. The molecule has 3 heterocycles. The third-order valence-corrected chi connectivity index (χ3v) is 7.09. The molecule has 2 aromatic carbocycles. The van der Waals surface area contributed by atoms with E-state index in [2.05, 4.69) is 15.1 Å². The summed E-state index contributed by atoms with van der Waals surface area (Å²) in [7, 11) is 0. The molecule has 1 saturated heterocycles. The summed E-state index contributed by atoms with van der Waals surface area (Å²) >= 11 is 0. The standard InChI is InChI=1S/C28H31F2N5O/c1-4-36-23-9-10-25(24(30)17-23)35-19(3)26-18(2)31-32-27(28(26)33-35)21-12-15-34(16-13-21)14-11-20-5-7-22(29)8-6-20/h5-10,17,21H,4,11-16H2,1-3H3. The lowest BCUT2D eigenvalue weighted by Crippen LogP contribution is -2.34. The minimum Gasteiger partial charge on any atom is -0.494 e. The van der Waals surface area contributed by atoms with Crippen molar-refractivity contribution < 1.29 is 13.5 Å². The van der Waals surface area contributed by atoms with Gasteiger partial charge < -0.3 is 9.64 Å². The van der Waals surface area contributed by atoms with Crippen molar-refractivity contribution in [1.29, 1.82) is 0 Å². The number of aryl methyl sites for hydroxylation is 2. The van der Waals surface area contributed by atoms with E-state index in [1.54, 1.807) is 16.8 Å². The molecule has 4 aromatic rings. The van der Waals surface area contributed by atoms with E-state index in [4.69, 9.17) is 9.84 Å². The fourth-order valence-corrected chi connectivity index (χ4v) is 5.13. The highest BCUT2D eigenvalue weighted by Gasteiger charge is 2.27. The molecule has 0 N–H and O–H groups in total. The van der Waals surface area contributed by atoms with E-state index < -0.39 is 0 Å². The number of likely N-dealkylation sites (tertiary alicyclic amines) is 1. The number of piperidine rings is 1. The molecule has 1 aliphatic rings. The molecule has 0 unspecified atom stereocenters. The lowest BCUT2D eigenvalue weighted by atomic mass is 9.91. The fraction of sp³-hybridized carbons (Fsp3) is 0.393. The van der Waals surface area contributed by atoms with Gasteiger partial charge in [0.25, 0.3) is 0 Å². The number of nitrogens with zero attached hydrogens (tertiary/aromatic N) is 5. The summed E-state index contributed by atoms with van der Waals surface area (Å²) < 4.78 is 35.2. The van der Waals surface area contributed by atoms with Crippen LogP contribution in [0.15, 0.2) is 42.5 Å². The summed E-state index contributed by atoms with van der Waals surface area (Å²) in [6, 6.07) is 11.6. The second-order valence-electron chi connectivity index (χ2n) is 9.43. The van der Waals surface area contributed by atoms with Crippen LogP contribution in [0.2, 0.25) is 0 Å². The van der Waals surface area contributed by atoms with Crippen molar-refractivity contribution >= 4 is 10.9 Å². The molecule has 0 bridgehead atoms. The molecule has 6 nitrogen and oxygen atoms in total. The first-order valence-electron chi connectivity index (χ1n) is 12.6. The van der Waals surface area contributed by atoms with Crippen LogP contribution >= 0.6 is 0 Å². The fourth-order valence-electron chi connectivity index (χ4n) is 5.13. The van der Waals surface area contributed by atoms with Crippen molar-refractivity contribution in [2.75, 3.05) is 26.2 Å². The largest absolute Gasteiger partial charge is 0.494 e. The molecule has 2 aromatic heterocycles. The van der Waals surface area contributed by atoms with E-state index in [-0.39, 0.29) is 17.6 Å². The molecule has 0 spiro atoms. The Kier molecular flexibility index (Phi) is 6.96. The molecule has 0 atom stereocenters. The minimum atomic E-state index is -0.383. The quantitative estimate of drug-likeness (QED) is 0.340. The monoisotopic (exact) mass is 491 g/mol. The van der Waals surface area contributed by atoms with Gasteiger partial charge in [-0.2, -0.15) is 15.3 Å². The maximum Gasteiger partial charge on any atom is 0.152 e. The molecule has 0 radical (unpaired) electrons. The smallest absolute Gasteiger partial charge is 0.152 e. The average molecular weight is 492 g/mol. The Labute approximate surface area is 209 Å². The van der Waals surface area contributed by atoms with Crippen LogP contribution in [0.25, 0.3) is 16.6 Å². The second-order valence-corrected chi connectivity index (χ2v) is 9.43. The van der Waals surface area contributed by atoms with Gasteiger partial charge in [-0.15, -0.1) is 0 Å². The number of fused-ring (bicyclic) bond motifs is 1. The van der Waals surface area contributed by atoms with E-state index in [1.165, 1.54) is 18.2 Å². The highest BCUT2D eigenvalue weighted by atomic mass is 19.1. The van der Waals surface area contributed by atoms with E-state index in [1.807, 2.05) is 32.9 Å². The van der Waals surface area contributed by atoms with Gasteiger partial charge in [0.05, 0.1) is 23.7 Å². The Balaban J connectivity index is 1.35. The minimum absolute atomic E-state index is 0.201. The SMILES string of the molecule is CCOc1ccc(-n2nc3c(C4CCN(CCc5ccc(F)cc5)CC4)nnc(C)c3c2C)c(F)c1. The van der Waals surface area contributed by atoms with Crippen LogP contribution in [-0.4, -0.2) is 51.1 Å². The Hall–Kier alpha value is -3.39. The third kappa shape index (κ3) is 4.82. The second kappa shape index (κ2) is 10.3. The zero-order chi connectivity index (χ0) is 25.2. The number of hydrogen-bond acceptors (Lipinski definition) is 5. The molecular weight excluding hydrogens is 460 g/mol. The number of benzene rings is 2. The lowest BCUT2D eigenvalue weighted by Gasteiger charge is -2.31. The molecule has 0 amide bonds. The highest BCUT2D eigenvalue weighted by Crippen LogP contribution is 2.34. The Morgan fingerprint density at radius 3 is 2.44 bits per heavy atom. The maximum absolute atomic E-state index is 15.0. The zero-order valence-electron chi connectivity index (χ0n) is 21.0. The predicted octanol–water partition coefficient (Wildman–Crippen LogP) is 5.53. The molecule has 36 heavy (non-hydrogen) atoms. The molecular formula is C28H31F2N5O. The van der Waals surface area contributed by atoms with Crippen molar-refractivity contribution in [3.05, 3.63) is 76.7 Å². The topological polar surface area (TPSA) is 56.1 Å². The summed E-state index contributed by atoms with van der Waals surface area (Å²) in [5.74, 6) is 0.162. The van der Waals surface area contributed by atoms with Gasteiger partial charge in [-0.3, -0.25) is 0 Å². The van der Waals surface area contributed by atoms with Crippen LogP contribution in [0.4, 0.5) is 8.78 Å². The maximum atomic E-state index is 15.0. The van der Waals surface area contributed by atoms with E-state index in [0.717, 1.165) is 72.4 Å². The van der Waals surface area contributed by atoms with Crippen molar-refractivity contribution in [1.82, 2.24) is 24.9 Å².